The quantitative estimate of drug-likeness (QED) is 0.483. The topological polar surface area (TPSA) is 86.8 Å². The molecule has 0 aromatic heterocycles. The maximum absolute atomic E-state index is 13.5. The minimum absolute atomic E-state index is 0.00341. The summed E-state index contributed by atoms with van der Waals surface area (Å²) in [5.41, 5.74) is 0.956. The van der Waals surface area contributed by atoms with Crippen molar-refractivity contribution in [2.75, 3.05) is 24.2 Å². The van der Waals surface area contributed by atoms with Crippen LogP contribution in [0.2, 0.25) is 10.0 Å². The number of anilines is 1. The Kier molecular flexibility index (Phi) is 8.07. The van der Waals surface area contributed by atoms with Gasteiger partial charge in [0, 0.05) is 29.0 Å². The molecule has 2 amide bonds. The van der Waals surface area contributed by atoms with E-state index in [9.17, 15) is 18.0 Å². The molecule has 180 valence electrons. The van der Waals surface area contributed by atoms with Gasteiger partial charge in [0.05, 0.1) is 11.9 Å². The van der Waals surface area contributed by atoms with Crippen molar-refractivity contribution < 1.29 is 18.0 Å². The first-order valence-corrected chi connectivity index (χ1v) is 13.0. The largest absolute Gasteiger partial charge is 0.357 e. The standard InChI is InChI=1S/C24H25Cl2N3O4S/c1-16(24(31)27-2)28(14-18-11-12-19(25)13-21(18)26)23(30)15-29(34(3,32)33)22-10-6-8-17-7-4-5-9-20(17)22/h4-13,16H,14-15H2,1-3H3,(H,27,31). The minimum Gasteiger partial charge on any atom is -0.357 e. The number of halogens is 2. The SMILES string of the molecule is CNC(=O)C(C)N(Cc1ccc(Cl)cc1Cl)C(=O)CN(c1cccc2ccccc12)S(C)(=O)=O. The van der Waals surface area contributed by atoms with Crippen LogP contribution in [0, 0.1) is 0 Å². The molecule has 1 N–H and O–H groups in total. The van der Waals surface area contributed by atoms with Gasteiger partial charge in [0.25, 0.3) is 0 Å². The summed E-state index contributed by atoms with van der Waals surface area (Å²) in [6.45, 7) is 1.08. The number of nitrogens with zero attached hydrogens (tertiary/aromatic N) is 2. The van der Waals surface area contributed by atoms with E-state index in [1.165, 1.54) is 11.9 Å². The Bertz CT molecular complexity index is 1330. The first-order valence-electron chi connectivity index (χ1n) is 10.4. The van der Waals surface area contributed by atoms with E-state index in [4.69, 9.17) is 23.2 Å². The summed E-state index contributed by atoms with van der Waals surface area (Å²) in [6.07, 6.45) is 1.05. The van der Waals surface area contributed by atoms with Crippen molar-refractivity contribution in [1.29, 1.82) is 0 Å². The maximum Gasteiger partial charge on any atom is 0.244 e. The Hall–Kier alpha value is -2.81. The van der Waals surface area contributed by atoms with Crippen molar-refractivity contribution in [2.24, 2.45) is 0 Å². The second kappa shape index (κ2) is 10.6. The average Bonchev–Trinajstić information content (AvgIpc) is 2.80. The van der Waals surface area contributed by atoms with Gasteiger partial charge in [-0.15, -0.1) is 0 Å². The van der Waals surface area contributed by atoms with E-state index in [1.807, 2.05) is 18.2 Å². The zero-order valence-corrected chi connectivity index (χ0v) is 21.3. The molecule has 10 heteroatoms. The fraction of sp³-hybridized carbons (Fsp3) is 0.250. The number of carbonyl (C=O) groups excluding carboxylic acids is 2. The third-order valence-corrected chi connectivity index (χ3v) is 7.20. The smallest absolute Gasteiger partial charge is 0.244 e. The van der Waals surface area contributed by atoms with Crippen LogP contribution in [-0.2, 0) is 26.2 Å². The van der Waals surface area contributed by atoms with Crippen molar-refractivity contribution in [3.05, 3.63) is 76.3 Å². The van der Waals surface area contributed by atoms with Crippen molar-refractivity contribution in [3.8, 4) is 0 Å². The Morgan fingerprint density at radius 3 is 2.35 bits per heavy atom. The van der Waals surface area contributed by atoms with Crippen LogP contribution >= 0.6 is 23.2 Å². The molecule has 1 unspecified atom stereocenters. The molecule has 0 bridgehead atoms. The molecule has 3 aromatic rings. The van der Waals surface area contributed by atoms with E-state index in [0.717, 1.165) is 15.9 Å². The molecule has 0 saturated carbocycles. The molecular weight excluding hydrogens is 497 g/mol. The molecule has 0 spiro atoms. The number of carbonyl (C=O) groups is 2. The summed E-state index contributed by atoms with van der Waals surface area (Å²) in [5.74, 6) is -0.949. The van der Waals surface area contributed by atoms with Crippen LogP contribution in [0.5, 0.6) is 0 Å². The summed E-state index contributed by atoms with van der Waals surface area (Å²) in [4.78, 5) is 27.3. The second-order valence-corrected chi connectivity index (χ2v) is 10.6. The average molecular weight is 522 g/mol. The van der Waals surface area contributed by atoms with Crippen LogP contribution in [0.3, 0.4) is 0 Å². The summed E-state index contributed by atoms with van der Waals surface area (Å²) >= 11 is 12.3. The lowest BCUT2D eigenvalue weighted by Crippen LogP contribution is -2.50. The number of rotatable bonds is 8. The molecule has 0 aliphatic carbocycles. The summed E-state index contributed by atoms with van der Waals surface area (Å²) in [6, 6.07) is 16.5. The number of fused-ring (bicyclic) bond motifs is 1. The predicted octanol–water partition coefficient (Wildman–Crippen LogP) is 4.08. The lowest BCUT2D eigenvalue weighted by atomic mass is 10.1. The van der Waals surface area contributed by atoms with Crippen LogP contribution in [-0.4, -0.2) is 51.0 Å². The molecular formula is C24H25Cl2N3O4S. The summed E-state index contributed by atoms with van der Waals surface area (Å²) in [5, 5.41) is 4.83. The molecule has 7 nitrogen and oxygen atoms in total. The van der Waals surface area contributed by atoms with Gasteiger partial charge in [0.15, 0.2) is 0 Å². The normalized spacial score (nSPS) is 12.3. The van der Waals surface area contributed by atoms with E-state index in [-0.39, 0.29) is 6.54 Å². The van der Waals surface area contributed by atoms with Gasteiger partial charge >= 0.3 is 0 Å². The molecule has 0 heterocycles. The lowest BCUT2D eigenvalue weighted by molar-refractivity contribution is -0.139. The number of likely N-dealkylation sites (N-methyl/N-ethyl adjacent to an activating group) is 1. The van der Waals surface area contributed by atoms with E-state index in [0.29, 0.717) is 26.7 Å². The van der Waals surface area contributed by atoms with E-state index in [2.05, 4.69) is 5.32 Å². The Morgan fingerprint density at radius 1 is 1.03 bits per heavy atom. The Labute approximate surface area is 209 Å². The van der Waals surface area contributed by atoms with Gasteiger partial charge in [-0.1, -0.05) is 65.7 Å². The zero-order chi connectivity index (χ0) is 25.0. The molecule has 0 fully saturated rings. The maximum atomic E-state index is 13.5. The highest BCUT2D eigenvalue weighted by Gasteiger charge is 2.30. The second-order valence-electron chi connectivity index (χ2n) is 7.82. The number of amides is 2. The number of nitrogens with one attached hydrogen (secondary N) is 1. The highest BCUT2D eigenvalue weighted by Crippen LogP contribution is 2.29. The third kappa shape index (κ3) is 5.81. The fourth-order valence-electron chi connectivity index (χ4n) is 3.65. The molecule has 34 heavy (non-hydrogen) atoms. The molecule has 1 atom stereocenters. The highest BCUT2D eigenvalue weighted by molar-refractivity contribution is 7.92. The van der Waals surface area contributed by atoms with E-state index >= 15 is 0 Å². The Morgan fingerprint density at radius 2 is 1.71 bits per heavy atom. The van der Waals surface area contributed by atoms with Crippen LogP contribution < -0.4 is 9.62 Å². The molecule has 0 aliphatic rings. The molecule has 0 radical (unpaired) electrons. The first kappa shape index (κ1) is 25.8. The number of benzene rings is 3. The van der Waals surface area contributed by atoms with E-state index in [1.54, 1.807) is 49.4 Å². The van der Waals surface area contributed by atoms with Gasteiger partial charge in [0.2, 0.25) is 21.8 Å². The van der Waals surface area contributed by atoms with Gasteiger partial charge in [-0.05, 0) is 36.1 Å². The predicted molar refractivity (Wildman–Crippen MR) is 137 cm³/mol. The van der Waals surface area contributed by atoms with Crippen molar-refractivity contribution in [2.45, 2.75) is 19.5 Å². The Balaban J connectivity index is 2.02. The molecule has 0 aliphatic heterocycles. The van der Waals surface area contributed by atoms with Crippen LogP contribution in [0.1, 0.15) is 12.5 Å². The van der Waals surface area contributed by atoms with Gasteiger partial charge < -0.3 is 10.2 Å². The zero-order valence-electron chi connectivity index (χ0n) is 19.0. The van der Waals surface area contributed by atoms with Gasteiger partial charge in [-0.3, -0.25) is 13.9 Å². The summed E-state index contributed by atoms with van der Waals surface area (Å²) in [7, 11) is -2.37. The molecule has 3 aromatic carbocycles. The fourth-order valence-corrected chi connectivity index (χ4v) is 4.98. The third-order valence-electron chi connectivity index (χ3n) is 5.48. The first-order chi connectivity index (χ1) is 16.0. The van der Waals surface area contributed by atoms with Crippen molar-refractivity contribution in [3.63, 3.8) is 0 Å². The van der Waals surface area contributed by atoms with Crippen molar-refractivity contribution >= 4 is 61.5 Å². The van der Waals surface area contributed by atoms with Gasteiger partial charge in [-0.2, -0.15) is 0 Å². The highest BCUT2D eigenvalue weighted by atomic mass is 35.5. The summed E-state index contributed by atoms with van der Waals surface area (Å²) < 4.78 is 26.6. The minimum atomic E-state index is -3.83. The number of sulfonamides is 1. The monoisotopic (exact) mass is 521 g/mol. The van der Waals surface area contributed by atoms with Gasteiger partial charge in [-0.25, -0.2) is 8.42 Å². The molecule has 0 saturated heterocycles. The van der Waals surface area contributed by atoms with E-state index < -0.39 is 34.4 Å². The molecule has 3 rings (SSSR count). The number of hydrogen-bond donors (Lipinski definition) is 1. The number of hydrogen-bond acceptors (Lipinski definition) is 4. The van der Waals surface area contributed by atoms with Crippen LogP contribution in [0.15, 0.2) is 60.7 Å². The lowest BCUT2D eigenvalue weighted by Gasteiger charge is -2.31. The van der Waals surface area contributed by atoms with Crippen LogP contribution in [0.4, 0.5) is 5.69 Å². The van der Waals surface area contributed by atoms with Crippen LogP contribution in [0.25, 0.3) is 10.8 Å². The van der Waals surface area contributed by atoms with Crippen molar-refractivity contribution in [1.82, 2.24) is 10.2 Å². The van der Waals surface area contributed by atoms with Gasteiger partial charge in [0.1, 0.15) is 12.6 Å².